The van der Waals surface area contributed by atoms with Crippen molar-refractivity contribution in [3.63, 3.8) is 0 Å². The van der Waals surface area contributed by atoms with Crippen LogP contribution in [0.2, 0.25) is 0 Å². The van der Waals surface area contributed by atoms with Crippen LogP contribution in [0.1, 0.15) is 0 Å². The minimum Gasteiger partial charge on any atom is -0.0767 e. The van der Waals surface area contributed by atoms with Crippen LogP contribution in [0.3, 0.4) is 0 Å². The molecule has 2 aliphatic rings. The SMILES string of the molecule is O=C1C=CC(=O)O1.[C-]#[O+].[CH]1C=CC=C1.[Co]. The number of ether oxygens (including phenoxy) is 1. The first kappa shape index (κ1) is 16.1. The van der Waals surface area contributed by atoms with Gasteiger partial charge in [0.2, 0.25) is 0 Å². The summed E-state index contributed by atoms with van der Waals surface area (Å²) in [6, 6.07) is 0. The van der Waals surface area contributed by atoms with E-state index in [0.717, 1.165) is 12.2 Å². The maximum atomic E-state index is 9.92. The molecule has 1 aliphatic carbocycles. The summed E-state index contributed by atoms with van der Waals surface area (Å²) in [4.78, 5) is 19.8. The molecule has 5 heteroatoms. The molecule has 0 fully saturated rings. The molecule has 0 saturated carbocycles. The van der Waals surface area contributed by atoms with E-state index >= 15 is 0 Å². The average Bonchev–Trinajstić information content (AvgIpc) is 2.84. The first-order valence-corrected chi connectivity index (χ1v) is 3.60. The van der Waals surface area contributed by atoms with Crippen LogP contribution in [-0.4, -0.2) is 11.9 Å². The number of rotatable bonds is 0. The number of carbonyl (C=O) groups is 2. The molecule has 0 bridgehead atoms. The van der Waals surface area contributed by atoms with Crippen molar-refractivity contribution in [1.82, 2.24) is 0 Å². The third kappa shape index (κ3) is 8.92. The van der Waals surface area contributed by atoms with E-state index in [1.807, 2.05) is 30.7 Å². The van der Waals surface area contributed by atoms with Crippen LogP contribution in [-0.2, 0) is 35.8 Å². The van der Waals surface area contributed by atoms with Gasteiger partial charge in [0.25, 0.3) is 0 Å². The van der Waals surface area contributed by atoms with Gasteiger partial charge in [0.1, 0.15) is 0 Å². The van der Waals surface area contributed by atoms with Crippen molar-refractivity contribution >= 4 is 11.9 Å². The Morgan fingerprint density at radius 3 is 1.47 bits per heavy atom. The molecule has 0 aromatic heterocycles. The molecule has 2 radical (unpaired) electrons. The van der Waals surface area contributed by atoms with Crippen molar-refractivity contribution in [3.8, 4) is 0 Å². The first-order chi connectivity index (χ1) is 6.79. The van der Waals surface area contributed by atoms with E-state index in [4.69, 9.17) is 4.65 Å². The summed E-state index contributed by atoms with van der Waals surface area (Å²) in [7, 11) is 0. The molecule has 0 spiro atoms. The largest absolute Gasteiger partial charge is 0.0767 e. The molecule has 1 heterocycles. The van der Waals surface area contributed by atoms with Crippen LogP contribution in [0.4, 0.5) is 0 Å². The van der Waals surface area contributed by atoms with Crippen LogP contribution in [0.15, 0.2) is 36.5 Å². The second-order valence-electron chi connectivity index (χ2n) is 2.04. The molecule has 0 unspecified atom stereocenters. The summed E-state index contributed by atoms with van der Waals surface area (Å²) in [6.07, 6.45) is 12.2. The zero-order valence-corrected chi connectivity index (χ0v) is 8.55. The van der Waals surface area contributed by atoms with Crippen molar-refractivity contribution in [2.24, 2.45) is 0 Å². The van der Waals surface area contributed by atoms with Crippen molar-refractivity contribution in [2.45, 2.75) is 0 Å². The number of allylic oxidation sites excluding steroid dienone is 4. The Balaban J connectivity index is 0. The average molecular weight is 250 g/mol. The number of carbonyl (C=O) groups excluding carboxylic acids is 2. The fourth-order valence-corrected chi connectivity index (χ4v) is 0.624. The Morgan fingerprint density at radius 2 is 1.33 bits per heavy atom. The fourth-order valence-electron chi connectivity index (χ4n) is 0.624. The van der Waals surface area contributed by atoms with Crippen LogP contribution >= 0.6 is 0 Å². The summed E-state index contributed by atoms with van der Waals surface area (Å²) in [5, 5.41) is 0. The van der Waals surface area contributed by atoms with E-state index in [1.165, 1.54) is 0 Å². The normalized spacial score (nSPS) is 14.3. The maximum absolute atomic E-state index is 9.92. The van der Waals surface area contributed by atoms with E-state index in [1.54, 1.807) is 0 Å². The molecule has 1 aliphatic heterocycles. The van der Waals surface area contributed by atoms with Crippen molar-refractivity contribution in [1.29, 1.82) is 0 Å². The Bertz CT molecular complexity index is 287. The maximum Gasteiger partial charge on any atom is 0.00506 e. The molecule has 0 N–H and O–H groups in total. The topological polar surface area (TPSA) is 63.3 Å². The van der Waals surface area contributed by atoms with Gasteiger partial charge in [-0.15, -0.1) is 0 Å². The van der Waals surface area contributed by atoms with Gasteiger partial charge >= 0.3 is 23.2 Å². The van der Waals surface area contributed by atoms with Gasteiger partial charge < -0.3 is 4.74 Å². The van der Waals surface area contributed by atoms with E-state index < -0.39 is 11.9 Å². The summed E-state index contributed by atoms with van der Waals surface area (Å²) in [5.74, 6) is -1.16. The molecule has 0 amide bonds. The third-order valence-corrected chi connectivity index (χ3v) is 1.11. The minimum absolute atomic E-state index is 0. The van der Waals surface area contributed by atoms with Gasteiger partial charge in [0, 0.05) is 35.4 Å². The van der Waals surface area contributed by atoms with Gasteiger partial charge in [0.05, 0.1) is 0 Å². The van der Waals surface area contributed by atoms with Crippen LogP contribution in [0.25, 0.3) is 0 Å². The van der Waals surface area contributed by atoms with E-state index in [0.29, 0.717) is 0 Å². The molecule has 80 valence electrons. The Kier molecular flexibility index (Phi) is 11.4. The van der Waals surface area contributed by atoms with Gasteiger partial charge in [-0.1, -0.05) is 24.3 Å². The monoisotopic (exact) mass is 250 g/mol. The molecule has 15 heavy (non-hydrogen) atoms. The summed E-state index contributed by atoms with van der Waals surface area (Å²) >= 11 is 0. The smallest absolute Gasteiger partial charge is 0.00506 e. The molecule has 0 saturated heterocycles. The summed E-state index contributed by atoms with van der Waals surface area (Å²) < 4.78 is 11.5. The molecule has 2 rings (SSSR count). The van der Waals surface area contributed by atoms with Crippen molar-refractivity contribution < 1.29 is 35.8 Å². The molecular weight excluding hydrogens is 243 g/mol. The van der Waals surface area contributed by atoms with Crippen LogP contribution in [0.5, 0.6) is 0 Å². The van der Waals surface area contributed by atoms with Gasteiger partial charge in [-0.05, 0) is 0 Å². The Labute approximate surface area is 97.6 Å². The second-order valence-corrected chi connectivity index (χ2v) is 2.04. The third-order valence-electron chi connectivity index (χ3n) is 1.11. The molecule has 4 nitrogen and oxygen atoms in total. The standard InChI is InChI=1S/C5H5.C4H2O3.CO.Co/c1-2-4-5-3-1;5-3-1-2-4(6)7-3;1-2;/h1-5H;1-2H;;. The van der Waals surface area contributed by atoms with Crippen molar-refractivity contribution in [2.75, 3.05) is 0 Å². The molecular formula is C10H7CoO4. The van der Waals surface area contributed by atoms with E-state index in [-0.39, 0.29) is 16.8 Å². The van der Waals surface area contributed by atoms with Gasteiger partial charge in [-0.3, -0.25) is 0 Å². The van der Waals surface area contributed by atoms with Gasteiger partial charge in [0.15, 0.2) is 0 Å². The predicted molar refractivity (Wildman–Crippen MR) is 46.7 cm³/mol. The van der Waals surface area contributed by atoms with E-state index in [2.05, 4.69) is 11.4 Å². The molecule has 0 atom stereocenters. The quantitative estimate of drug-likeness (QED) is 0.278. The van der Waals surface area contributed by atoms with Crippen LogP contribution in [0, 0.1) is 13.1 Å². The number of esters is 2. The van der Waals surface area contributed by atoms with Gasteiger partial charge in [-0.2, -0.15) is 0 Å². The van der Waals surface area contributed by atoms with Crippen LogP contribution < -0.4 is 0 Å². The summed E-state index contributed by atoms with van der Waals surface area (Å²) in [5.41, 5.74) is 0. The molecule has 0 aromatic rings. The second kappa shape index (κ2) is 10.7. The minimum atomic E-state index is -0.579. The number of hydrogen-bond acceptors (Lipinski definition) is 3. The first-order valence-electron chi connectivity index (χ1n) is 3.60. The number of hydrogen-bond donors (Lipinski definition) is 0. The predicted octanol–water partition coefficient (Wildman–Crippen LogP) is 0.903. The van der Waals surface area contributed by atoms with Gasteiger partial charge in [-0.25, -0.2) is 9.59 Å². The zero-order valence-electron chi connectivity index (χ0n) is 7.51. The zero-order chi connectivity index (χ0) is 10.8. The van der Waals surface area contributed by atoms with Crippen molar-refractivity contribution in [3.05, 3.63) is 49.5 Å². The summed E-state index contributed by atoms with van der Waals surface area (Å²) in [6.45, 7) is 4.50. The fraction of sp³-hybridized carbons (Fsp3) is 0. The Morgan fingerprint density at radius 1 is 0.933 bits per heavy atom. The van der Waals surface area contributed by atoms with E-state index in [9.17, 15) is 9.59 Å². The number of cyclic esters (lactones) is 2. The molecule has 0 aromatic carbocycles. The Hall–Kier alpha value is -1.39.